The van der Waals surface area contributed by atoms with Crippen molar-refractivity contribution in [3.05, 3.63) is 0 Å². The zero-order chi connectivity index (χ0) is 20.2. The number of rotatable bonds is 4. The Bertz CT molecular complexity index is 635. The number of likely N-dealkylation sites (tertiary alicyclic amines) is 2. The molecule has 0 aromatic carbocycles. The Hall–Kier alpha value is -1.35. The van der Waals surface area contributed by atoms with Crippen LogP contribution in [0, 0.1) is 0 Å². The van der Waals surface area contributed by atoms with Crippen molar-refractivity contribution in [2.24, 2.45) is 0 Å². The molecule has 2 rings (SSSR count). The fourth-order valence-electron chi connectivity index (χ4n) is 3.55. The van der Waals surface area contributed by atoms with Crippen molar-refractivity contribution in [3.8, 4) is 0 Å². The van der Waals surface area contributed by atoms with Gasteiger partial charge in [-0.1, -0.05) is 0 Å². The van der Waals surface area contributed by atoms with Gasteiger partial charge in [-0.25, -0.2) is 4.79 Å². The average molecular weight is 405 g/mol. The highest BCUT2D eigenvalue weighted by molar-refractivity contribution is 7.86. The maximum absolute atomic E-state index is 12.7. The van der Waals surface area contributed by atoms with Gasteiger partial charge in [0.1, 0.15) is 5.60 Å². The first-order valence-corrected chi connectivity index (χ1v) is 11.4. The molecule has 0 spiro atoms. The molecule has 0 radical (unpaired) electrons. The van der Waals surface area contributed by atoms with Crippen LogP contribution in [0.25, 0.3) is 0 Å². The molecule has 2 aliphatic rings. The first-order chi connectivity index (χ1) is 12.4. The van der Waals surface area contributed by atoms with E-state index in [9.17, 15) is 18.0 Å². The van der Waals surface area contributed by atoms with Crippen LogP contribution in [-0.4, -0.2) is 73.9 Å². The molecule has 0 aliphatic carbocycles. The second-order valence-corrected chi connectivity index (χ2v) is 10.0. The fourth-order valence-corrected chi connectivity index (χ4v) is 4.24. The van der Waals surface area contributed by atoms with E-state index < -0.39 is 15.7 Å². The molecule has 0 aromatic rings. The van der Waals surface area contributed by atoms with Crippen molar-refractivity contribution < 1.29 is 26.9 Å². The van der Waals surface area contributed by atoms with Gasteiger partial charge in [0, 0.05) is 32.1 Å². The Morgan fingerprint density at radius 1 is 1.04 bits per heavy atom. The van der Waals surface area contributed by atoms with E-state index in [0.29, 0.717) is 32.5 Å². The predicted octanol–water partition coefficient (Wildman–Crippen LogP) is 2.13. The van der Waals surface area contributed by atoms with Gasteiger partial charge < -0.3 is 14.5 Å². The summed E-state index contributed by atoms with van der Waals surface area (Å²) in [7, 11) is -3.48. The third-order valence-corrected chi connectivity index (χ3v) is 5.39. The highest BCUT2D eigenvalue weighted by Crippen LogP contribution is 2.24. The lowest BCUT2D eigenvalue weighted by Gasteiger charge is -2.38. The Morgan fingerprint density at radius 2 is 1.67 bits per heavy atom. The van der Waals surface area contributed by atoms with Crippen LogP contribution in [0.5, 0.6) is 0 Å². The number of piperidine rings is 2. The van der Waals surface area contributed by atoms with Crippen LogP contribution in [0.1, 0.15) is 59.3 Å². The van der Waals surface area contributed by atoms with E-state index in [1.807, 2.05) is 20.8 Å². The Balaban J connectivity index is 1.89. The molecule has 0 bridgehead atoms. The summed E-state index contributed by atoms with van der Waals surface area (Å²) in [5, 5.41) is 0. The lowest BCUT2D eigenvalue weighted by molar-refractivity contribution is -0.134. The van der Waals surface area contributed by atoms with Crippen molar-refractivity contribution in [3.63, 3.8) is 0 Å². The van der Waals surface area contributed by atoms with Crippen molar-refractivity contribution in [1.29, 1.82) is 0 Å². The van der Waals surface area contributed by atoms with Crippen LogP contribution in [-0.2, 0) is 23.8 Å². The van der Waals surface area contributed by atoms with Crippen molar-refractivity contribution in [1.82, 2.24) is 9.80 Å². The minimum absolute atomic E-state index is 0.00624. The van der Waals surface area contributed by atoms with E-state index in [2.05, 4.69) is 0 Å². The Morgan fingerprint density at radius 3 is 2.22 bits per heavy atom. The standard InChI is InChI=1S/C18H32N2O6S/c1-18(2,3)25-17(22)20-10-6-5-7-14(20)13-16(21)19-11-8-15(9-12-19)26-27(4,23)24/h14-15H,5-13H2,1-4H3. The lowest BCUT2D eigenvalue weighted by Crippen LogP contribution is -2.49. The quantitative estimate of drug-likeness (QED) is 0.667. The summed E-state index contributed by atoms with van der Waals surface area (Å²) in [5.41, 5.74) is -0.565. The minimum atomic E-state index is -3.48. The number of carbonyl (C=O) groups is 2. The molecule has 9 heteroatoms. The summed E-state index contributed by atoms with van der Waals surface area (Å²) in [6, 6.07) is -0.147. The van der Waals surface area contributed by atoms with E-state index in [0.717, 1.165) is 25.5 Å². The second kappa shape index (κ2) is 8.77. The number of ether oxygens (including phenoxy) is 1. The molecular weight excluding hydrogens is 372 g/mol. The van der Waals surface area contributed by atoms with Gasteiger partial charge in [0.2, 0.25) is 5.91 Å². The maximum atomic E-state index is 12.7. The zero-order valence-electron chi connectivity index (χ0n) is 16.8. The normalized spacial score (nSPS) is 22.6. The zero-order valence-corrected chi connectivity index (χ0v) is 17.6. The minimum Gasteiger partial charge on any atom is -0.444 e. The monoisotopic (exact) mass is 404 g/mol. The molecule has 1 atom stereocenters. The fraction of sp³-hybridized carbons (Fsp3) is 0.889. The summed E-state index contributed by atoms with van der Waals surface area (Å²) in [5.74, 6) is -0.00624. The molecular formula is C18H32N2O6S. The molecule has 8 nitrogen and oxygen atoms in total. The average Bonchev–Trinajstić information content (AvgIpc) is 2.52. The van der Waals surface area contributed by atoms with Gasteiger partial charge >= 0.3 is 6.09 Å². The highest BCUT2D eigenvalue weighted by Gasteiger charge is 2.34. The predicted molar refractivity (Wildman–Crippen MR) is 101 cm³/mol. The van der Waals surface area contributed by atoms with Gasteiger partial charge in [-0.15, -0.1) is 0 Å². The summed E-state index contributed by atoms with van der Waals surface area (Å²) in [6.07, 6.45) is 4.28. The van der Waals surface area contributed by atoms with Crippen LogP contribution in [0.4, 0.5) is 4.79 Å². The van der Waals surface area contributed by atoms with E-state index >= 15 is 0 Å². The first-order valence-electron chi connectivity index (χ1n) is 9.60. The molecule has 0 aromatic heterocycles. The summed E-state index contributed by atoms with van der Waals surface area (Å²) >= 11 is 0. The third kappa shape index (κ3) is 7.29. The van der Waals surface area contributed by atoms with Crippen molar-refractivity contribution in [2.75, 3.05) is 25.9 Å². The smallest absolute Gasteiger partial charge is 0.410 e. The molecule has 156 valence electrons. The van der Waals surface area contributed by atoms with E-state index in [4.69, 9.17) is 8.92 Å². The van der Waals surface area contributed by atoms with E-state index in [-0.39, 0.29) is 30.6 Å². The maximum Gasteiger partial charge on any atom is 0.410 e. The largest absolute Gasteiger partial charge is 0.444 e. The number of hydrogen-bond acceptors (Lipinski definition) is 6. The second-order valence-electron chi connectivity index (χ2n) is 8.41. The topological polar surface area (TPSA) is 93.2 Å². The first kappa shape index (κ1) is 21.9. The molecule has 2 saturated heterocycles. The van der Waals surface area contributed by atoms with Crippen LogP contribution >= 0.6 is 0 Å². The molecule has 1 unspecified atom stereocenters. The Labute approximate surface area is 162 Å². The SMILES string of the molecule is CC(C)(C)OC(=O)N1CCCCC1CC(=O)N1CCC(OS(C)(=O)=O)CC1. The van der Waals surface area contributed by atoms with Crippen LogP contribution in [0.15, 0.2) is 0 Å². The summed E-state index contributed by atoms with van der Waals surface area (Å²) < 4.78 is 32.9. The highest BCUT2D eigenvalue weighted by atomic mass is 32.2. The molecule has 2 fully saturated rings. The van der Waals surface area contributed by atoms with Crippen LogP contribution in [0.2, 0.25) is 0 Å². The van der Waals surface area contributed by atoms with Crippen molar-refractivity contribution in [2.45, 2.75) is 77.0 Å². The number of hydrogen-bond donors (Lipinski definition) is 0. The number of amides is 2. The van der Waals surface area contributed by atoms with Crippen LogP contribution in [0.3, 0.4) is 0 Å². The third-order valence-electron chi connectivity index (χ3n) is 4.77. The number of carbonyl (C=O) groups excluding carboxylic acids is 2. The van der Waals surface area contributed by atoms with E-state index in [1.165, 1.54) is 0 Å². The van der Waals surface area contributed by atoms with Gasteiger partial charge in [0.05, 0.1) is 12.4 Å². The molecule has 0 saturated carbocycles. The van der Waals surface area contributed by atoms with Gasteiger partial charge in [0.15, 0.2) is 0 Å². The molecule has 2 amide bonds. The van der Waals surface area contributed by atoms with Crippen LogP contribution < -0.4 is 0 Å². The van der Waals surface area contributed by atoms with Crippen molar-refractivity contribution >= 4 is 22.1 Å². The molecule has 27 heavy (non-hydrogen) atoms. The summed E-state index contributed by atoms with van der Waals surface area (Å²) in [6.45, 7) is 7.04. The van der Waals surface area contributed by atoms with E-state index in [1.54, 1.807) is 9.80 Å². The van der Waals surface area contributed by atoms with Gasteiger partial charge in [-0.2, -0.15) is 8.42 Å². The van der Waals surface area contributed by atoms with Gasteiger partial charge in [-0.05, 0) is 52.9 Å². The Kier molecular flexibility index (Phi) is 7.13. The summed E-state index contributed by atoms with van der Waals surface area (Å²) in [4.78, 5) is 28.6. The number of nitrogens with zero attached hydrogens (tertiary/aromatic N) is 2. The molecule has 2 aliphatic heterocycles. The lowest BCUT2D eigenvalue weighted by atomic mass is 9.98. The van der Waals surface area contributed by atoms with Gasteiger partial charge in [-0.3, -0.25) is 8.98 Å². The molecule has 2 heterocycles. The van der Waals surface area contributed by atoms with Gasteiger partial charge in [0.25, 0.3) is 10.1 Å². The molecule has 0 N–H and O–H groups in total.